The second-order valence-corrected chi connectivity index (χ2v) is 10.3. The Morgan fingerprint density at radius 1 is 1.11 bits per heavy atom. The van der Waals surface area contributed by atoms with Gasteiger partial charge in [-0.1, -0.05) is 26.8 Å². The summed E-state index contributed by atoms with van der Waals surface area (Å²) in [6, 6.07) is 2.38. The molecule has 0 bridgehead atoms. The van der Waals surface area contributed by atoms with E-state index in [0.717, 1.165) is 36.3 Å². The molecule has 2 fully saturated rings. The average Bonchev–Trinajstić information content (AvgIpc) is 2.87. The molecule has 0 aromatic heterocycles. The Labute approximate surface area is 167 Å². The van der Waals surface area contributed by atoms with Gasteiger partial charge in [0.25, 0.3) is 12.3 Å². The number of nitrogens with two attached hydrogens (primary N) is 1. The highest BCUT2D eigenvalue weighted by Gasteiger charge is 2.58. The highest BCUT2D eigenvalue weighted by atomic mass is 32.2. The van der Waals surface area contributed by atoms with Gasteiger partial charge < -0.3 is 4.18 Å². The normalized spacial score (nSPS) is 33.9. The molecule has 2 saturated carbocycles. The van der Waals surface area contributed by atoms with Crippen LogP contribution >= 0.6 is 12.3 Å². The zero-order chi connectivity index (χ0) is 19.4. The van der Waals surface area contributed by atoms with Gasteiger partial charge in [-0.15, -0.1) is 9.32 Å². The van der Waals surface area contributed by atoms with E-state index in [9.17, 15) is 0 Å². The molecule has 4 rings (SSSR count). The van der Waals surface area contributed by atoms with Crippen molar-refractivity contribution in [3.05, 3.63) is 28.3 Å². The molecule has 5 heteroatoms. The van der Waals surface area contributed by atoms with E-state index in [-0.39, 0.29) is 0 Å². The first-order chi connectivity index (χ1) is 12.8. The van der Waals surface area contributed by atoms with Crippen molar-refractivity contribution in [2.24, 2.45) is 28.6 Å². The SMILES string of the molecule is Cc1cc2c(c(C)c1OSOON)CCC1C2CCC2(C)C1CCC2(C)C. The molecule has 4 atom stereocenters. The van der Waals surface area contributed by atoms with E-state index in [2.05, 4.69) is 50.0 Å². The van der Waals surface area contributed by atoms with Crippen LogP contribution in [0.4, 0.5) is 0 Å². The smallest absolute Gasteiger partial charge is 0.260 e. The van der Waals surface area contributed by atoms with Crippen LogP contribution in [-0.4, -0.2) is 0 Å². The Hall–Kier alpha value is -0.750. The number of benzene rings is 1. The van der Waals surface area contributed by atoms with Crippen molar-refractivity contribution in [3.8, 4) is 5.75 Å². The predicted octanol–water partition coefficient (Wildman–Crippen LogP) is 5.95. The Morgan fingerprint density at radius 2 is 1.89 bits per heavy atom. The Kier molecular flexibility index (Phi) is 5.03. The second-order valence-electron chi connectivity index (χ2n) is 9.83. The molecule has 27 heavy (non-hydrogen) atoms. The van der Waals surface area contributed by atoms with Gasteiger partial charge in [0.1, 0.15) is 5.75 Å². The molecule has 4 unspecified atom stereocenters. The first-order valence-electron chi connectivity index (χ1n) is 10.3. The van der Waals surface area contributed by atoms with E-state index in [1.54, 1.807) is 5.56 Å². The fraction of sp³-hybridized carbons (Fsp3) is 0.727. The van der Waals surface area contributed by atoms with Gasteiger partial charge in [-0.25, -0.2) is 0 Å². The van der Waals surface area contributed by atoms with Crippen molar-refractivity contribution in [1.29, 1.82) is 0 Å². The third kappa shape index (κ3) is 2.93. The van der Waals surface area contributed by atoms with Gasteiger partial charge in [0, 0.05) is 0 Å². The van der Waals surface area contributed by atoms with E-state index >= 15 is 0 Å². The first kappa shape index (κ1) is 19.6. The quantitative estimate of drug-likeness (QED) is 0.297. The molecule has 0 spiro atoms. The summed E-state index contributed by atoms with van der Waals surface area (Å²) in [5, 5.41) is 0. The fourth-order valence-corrected chi connectivity index (χ4v) is 7.16. The van der Waals surface area contributed by atoms with Crippen LogP contribution in [0.2, 0.25) is 0 Å². The minimum Gasteiger partial charge on any atom is -0.398 e. The minimum atomic E-state index is 0.481. The van der Waals surface area contributed by atoms with Crippen molar-refractivity contribution in [1.82, 2.24) is 0 Å². The molecular formula is C22H33NO3S. The maximum absolute atomic E-state index is 5.71. The average molecular weight is 392 g/mol. The van der Waals surface area contributed by atoms with Crippen LogP contribution in [0.15, 0.2) is 6.07 Å². The Bertz CT molecular complexity index is 735. The van der Waals surface area contributed by atoms with Gasteiger partial charge in [-0.3, -0.25) is 0 Å². The summed E-state index contributed by atoms with van der Waals surface area (Å²) in [7, 11) is 0. The van der Waals surface area contributed by atoms with Crippen LogP contribution in [0.5, 0.6) is 5.75 Å². The largest absolute Gasteiger partial charge is 0.398 e. The molecule has 2 N–H and O–H groups in total. The van der Waals surface area contributed by atoms with Crippen molar-refractivity contribution in [3.63, 3.8) is 0 Å². The van der Waals surface area contributed by atoms with E-state index in [0.29, 0.717) is 16.7 Å². The van der Waals surface area contributed by atoms with E-state index in [1.165, 1.54) is 48.8 Å². The summed E-state index contributed by atoms with van der Waals surface area (Å²) in [6.07, 6.45) is 7.95. The van der Waals surface area contributed by atoms with Gasteiger partial charge >= 0.3 is 0 Å². The molecule has 3 aliphatic rings. The van der Waals surface area contributed by atoms with Crippen molar-refractivity contribution < 1.29 is 13.5 Å². The molecular weight excluding hydrogens is 358 g/mol. The molecule has 1 aromatic rings. The predicted molar refractivity (Wildman–Crippen MR) is 109 cm³/mol. The number of hydrogen-bond acceptors (Lipinski definition) is 5. The van der Waals surface area contributed by atoms with Crippen molar-refractivity contribution in [2.45, 2.75) is 79.1 Å². The maximum atomic E-state index is 5.71. The minimum absolute atomic E-state index is 0.481. The van der Waals surface area contributed by atoms with Gasteiger partial charge in [-0.05, 0) is 103 Å². The summed E-state index contributed by atoms with van der Waals surface area (Å²) in [5.41, 5.74) is 6.48. The number of hydrogen-bond donors (Lipinski definition) is 1. The molecule has 3 aliphatic carbocycles. The summed E-state index contributed by atoms with van der Waals surface area (Å²) < 4.78 is 10.3. The van der Waals surface area contributed by atoms with Gasteiger partial charge in [0.05, 0.1) is 0 Å². The zero-order valence-corrected chi connectivity index (χ0v) is 18.1. The topological polar surface area (TPSA) is 53.7 Å². The van der Waals surface area contributed by atoms with Gasteiger partial charge in [0.2, 0.25) is 0 Å². The molecule has 0 saturated heterocycles. The van der Waals surface area contributed by atoms with Gasteiger partial charge in [-0.2, -0.15) is 5.90 Å². The van der Waals surface area contributed by atoms with Crippen LogP contribution in [0, 0.1) is 36.5 Å². The van der Waals surface area contributed by atoms with Gasteiger partial charge in [0.15, 0.2) is 0 Å². The summed E-state index contributed by atoms with van der Waals surface area (Å²) in [5.74, 6) is 8.22. The molecule has 150 valence electrons. The third-order valence-corrected chi connectivity index (χ3v) is 9.01. The molecule has 0 amide bonds. The van der Waals surface area contributed by atoms with Crippen molar-refractivity contribution >= 4 is 12.3 Å². The lowest BCUT2D eigenvalue weighted by molar-refractivity contribution is -0.199. The van der Waals surface area contributed by atoms with E-state index in [4.69, 9.17) is 10.1 Å². The Morgan fingerprint density at radius 3 is 2.63 bits per heavy atom. The molecule has 0 radical (unpaired) electrons. The van der Waals surface area contributed by atoms with Crippen LogP contribution < -0.4 is 10.1 Å². The Balaban J connectivity index is 1.65. The van der Waals surface area contributed by atoms with Crippen LogP contribution in [0.3, 0.4) is 0 Å². The van der Waals surface area contributed by atoms with E-state index in [1.807, 2.05) is 0 Å². The van der Waals surface area contributed by atoms with Crippen molar-refractivity contribution in [2.75, 3.05) is 0 Å². The number of fused-ring (bicyclic) bond motifs is 5. The number of aryl methyl sites for hydroxylation is 1. The lowest BCUT2D eigenvalue weighted by atomic mass is 9.51. The first-order valence-corrected chi connectivity index (χ1v) is 11.0. The van der Waals surface area contributed by atoms with Crippen LogP contribution in [0.1, 0.15) is 81.0 Å². The van der Waals surface area contributed by atoms with E-state index < -0.39 is 0 Å². The molecule has 1 aromatic carbocycles. The highest BCUT2D eigenvalue weighted by Crippen LogP contribution is 2.67. The second kappa shape index (κ2) is 6.94. The summed E-state index contributed by atoms with van der Waals surface area (Å²) in [4.78, 5) is 4.13. The lowest BCUT2D eigenvalue weighted by Gasteiger charge is -2.53. The standard InChI is InChI=1S/C22H33NO3S/c1-13-12-18-15(14(2)20(13)24-27-26-25-23)6-7-17-16(18)8-11-22(5)19(17)9-10-21(22,3)4/h12,16-17,19H,6-11,23H2,1-5H3. The summed E-state index contributed by atoms with van der Waals surface area (Å²) >= 11 is 0.773. The third-order valence-electron chi connectivity index (χ3n) is 8.64. The summed E-state index contributed by atoms with van der Waals surface area (Å²) in [6.45, 7) is 11.9. The molecule has 4 nitrogen and oxygen atoms in total. The molecule has 0 aliphatic heterocycles. The highest BCUT2D eigenvalue weighted by molar-refractivity contribution is 7.90. The zero-order valence-electron chi connectivity index (χ0n) is 17.3. The fourth-order valence-electron chi connectivity index (χ4n) is 6.77. The maximum Gasteiger partial charge on any atom is 0.260 e. The molecule has 0 heterocycles. The lowest BCUT2D eigenvalue weighted by Crippen LogP contribution is -2.45. The monoisotopic (exact) mass is 391 g/mol. The van der Waals surface area contributed by atoms with Crippen LogP contribution in [0.25, 0.3) is 0 Å². The van der Waals surface area contributed by atoms with Crippen LogP contribution in [-0.2, 0) is 15.7 Å². The number of rotatable bonds is 4.